The number of hydrogen-bond donors (Lipinski definition) is 1. The first-order chi connectivity index (χ1) is 9.41. The van der Waals surface area contributed by atoms with Crippen molar-refractivity contribution in [3.05, 3.63) is 34.7 Å². The van der Waals surface area contributed by atoms with E-state index in [4.69, 9.17) is 16.7 Å². The van der Waals surface area contributed by atoms with Crippen molar-refractivity contribution in [3.63, 3.8) is 0 Å². The average Bonchev–Trinajstić information content (AvgIpc) is 2.73. The van der Waals surface area contributed by atoms with Gasteiger partial charge in [0, 0.05) is 19.8 Å². The zero-order valence-corrected chi connectivity index (χ0v) is 11.9. The molecule has 0 saturated heterocycles. The Kier molecular flexibility index (Phi) is 3.94. The number of carboxylic acid groups (broad SMARTS) is 1. The zero-order chi connectivity index (χ0) is 14.9. The maximum Gasteiger partial charge on any atom is 0.305 e. The first-order valence-corrected chi connectivity index (χ1v) is 6.40. The van der Waals surface area contributed by atoms with Gasteiger partial charge in [0.1, 0.15) is 5.69 Å². The smallest absolute Gasteiger partial charge is 0.305 e. The van der Waals surface area contributed by atoms with Crippen molar-refractivity contribution in [1.82, 2.24) is 14.3 Å². The second kappa shape index (κ2) is 5.50. The lowest BCUT2D eigenvalue weighted by atomic mass is 10.3. The van der Waals surface area contributed by atoms with E-state index in [9.17, 15) is 9.59 Å². The second-order valence-electron chi connectivity index (χ2n) is 4.47. The van der Waals surface area contributed by atoms with E-state index in [0.717, 1.165) is 0 Å². The average molecular weight is 296 g/mol. The molecule has 2 rings (SSSR count). The van der Waals surface area contributed by atoms with Gasteiger partial charge in [0.15, 0.2) is 5.65 Å². The van der Waals surface area contributed by atoms with Crippen LogP contribution in [0.2, 0.25) is 5.02 Å². The lowest BCUT2D eigenvalue weighted by Crippen LogP contribution is -2.30. The van der Waals surface area contributed by atoms with E-state index in [1.165, 1.54) is 4.90 Å². The van der Waals surface area contributed by atoms with Crippen molar-refractivity contribution in [3.8, 4) is 0 Å². The Balaban J connectivity index is 2.37. The van der Waals surface area contributed by atoms with Crippen LogP contribution >= 0.6 is 11.6 Å². The summed E-state index contributed by atoms with van der Waals surface area (Å²) in [7, 11) is 1.56. The van der Waals surface area contributed by atoms with Gasteiger partial charge in [-0.1, -0.05) is 11.6 Å². The highest BCUT2D eigenvalue weighted by Crippen LogP contribution is 2.20. The summed E-state index contributed by atoms with van der Waals surface area (Å²) in [6.07, 6.45) is 1.61. The molecule has 0 fully saturated rings. The quantitative estimate of drug-likeness (QED) is 0.934. The summed E-state index contributed by atoms with van der Waals surface area (Å²) in [6.45, 7) is 1.86. The molecular formula is C13H14ClN3O3. The van der Waals surface area contributed by atoms with Gasteiger partial charge in [0.05, 0.1) is 17.1 Å². The fourth-order valence-electron chi connectivity index (χ4n) is 1.95. The van der Waals surface area contributed by atoms with Crippen LogP contribution in [0, 0.1) is 6.92 Å². The summed E-state index contributed by atoms with van der Waals surface area (Å²) in [5.41, 5.74) is 1.47. The Morgan fingerprint density at radius 3 is 2.85 bits per heavy atom. The summed E-state index contributed by atoms with van der Waals surface area (Å²) in [6, 6.07) is 3.43. The summed E-state index contributed by atoms with van der Waals surface area (Å²) in [5, 5.41) is 9.13. The molecule has 1 N–H and O–H groups in total. The minimum atomic E-state index is -0.942. The van der Waals surface area contributed by atoms with E-state index in [1.807, 2.05) is 0 Å². The van der Waals surface area contributed by atoms with E-state index in [0.29, 0.717) is 22.1 Å². The number of nitrogens with zero attached hydrogens (tertiary/aromatic N) is 3. The van der Waals surface area contributed by atoms with E-state index < -0.39 is 5.97 Å². The minimum absolute atomic E-state index is 0.0984. The highest BCUT2D eigenvalue weighted by molar-refractivity contribution is 6.33. The number of halogens is 1. The van der Waals surface area contributed by atoms with Crippen LogP contribution in [0.15, 0.2) is 18.3 Å². The maximum atomic E-state index is 12.4. The normalized spacial score (nSPS) is 10.8. The standard InChI is InChI=1S/C13H14ClN3O3/c1-8-11(13(20)16(2)7-5-10(18)19)17-6-3-4-9(14)12(17)15-8/h3-4,6H,5,7H2,1-2H3,(H,18,19). The van der Waals surface area contributed by atoms with Crippen LogP contribution < -0.4 is 0 Å². The summed E-state index contributed by atoms with van der Waals surface area (Å²) < 4.78 is 1.62. The number of rotatable bonds is 4. The predicted octanol–water partition coefficient (Wildman–Crippen LogP) is 1.84. The molecule has 0 radical (unpaired) electrons. The van der Waals surface area contributed by atoms with E-state index in [-0.39, 0.29) is 18.9 Å². The van der Waals surface area contributed by atoms with Gasteiger partial charge in [-0.2, -0.15) is 0 Å². The third-order valence-electron chi connectivity index (χ3n) is 2.99. The van der Waals surface area contributed by atoms with Crippen LogP contribution in [-0.2, 0) is 4.79 Å². The van der Waals surface area contributed by atoms with E-state index in [1.54, 1.807) is 36.7 Å². The van der Waals surface area contributed by atoms with Crippen LogP contribution in [0.5, 0.6) is 0 Å². The zero-order valence-electron chi connectivity index (χ0n) is 11.1. The largest absolute Gasteiger partial charge is 0.481 e. The van der Waals surface area contributed by atoms with E-state index in [2.05, 4.69) is 4.98 Å². The van der Waals surface area contributed by atoms with Gasteiger partial charge >= 0.3 is 5.97 Å². The number of carbonyl (C=O) groups is 2. The Labute approximate surface area is 120 Å². The SMILES string of the molecule is Cc1nc2c(Cl)cccn2c1C(=O)N(C)CCC(=O)O. The number of hydrogen-bond acceptors (Lipinski definition) is 3. The lowest BCUT2D eigenvalue weighted by molar-refractivity contribution is -0.137. The number of aryl methyl sites for hydroxylation is 1. The number of aromatic nitrogens is 2. The van der Waals surface area contributed by atoms with Crippen molar-refractivity contribution in [1.29, 1.82) is 0 Å². The molecule has 0 saturated carbocycles. The lowest BCUT2D eigenvalue weighted by Gasteiger charge is -2.16. The Bertz CT molecular complexity index is 681. The summed E-state index contributed by atoms with van der Waals surface area (Å²) in [4.78, 5) is 28.6. The molecule has 0 aliphatic rings. The third kappa shape index (κ3) is 2.60. The number of aliphatic carboxylic acids is 1. The molecule has 0 bridgehead atoms. The van der Waals surface area contributed by atoms with Crippen LogP contribution in [0.4, 0.5) is 0 Å². The number of pyridine rings is 1. The molecule has 2 aromatic rings. The monoisotopic (exact) mass is 295 g/mol. The molecule has 1 amide bonds. The van der Waals surface area contributed by atoms with Crippen molar-refractivity contribution >= 4 is 29.1 Å². The molecule has 20 heavy (non-hydrogen) atoms. The number of imidazole rings is 1. The highest BCUT2D eigenvalue weighted by atomic mass is 35.5. The Morgan fingerprint density at radius 1 is 1.50 bits per heavy atom. The molecule has 0 aliphatic heterocycles. The number of carbonyl (C=O) groups excluding carboxylic acids is 1. The second-order valence-corrected chi connectivity index (χ2v) is 4.87. The van der Waals surface area contributed by atoms with Gasteiger partial charge in [-0.25, -0.2) is 4.98 Å². The first kappa shape index (κ1) is 14.3. The molecule has 6 nitrogen and oxygen atoms in total. The van der Waals surface area contributed by atoms with Crippen molar-refractivity contribution in [2.24, 2.45) is 0 Å². The molecule has 0 atom stereocenters. The molecule has 0 spiro atoms. The maximum absolute atomic E-state index is 12.4. The van der Waals surface area contributed by atoms with E-state index >= 15 is 0 Å². The molecule has 7 heteroatoms. The highest BCUT2D eigenvalue weighted by Gasteiger charge is 2.21. The molecule has 2 heterocycles. The van der Waals surface area contributed by atoms with Gasteiger partial charge in [0.25, 0.3) is 5.91 Å². The van der Waals surface area contributed by atoms with Crippen molar-refractivity contribution in [2.45, 2.75) is 13.3 Å². The topological polar surface area (TPSA) is 74.9 Å². The molecular weight excluding hydrogens is 282 g/mol. The predicted molar refractivity (Wildman–Crippen MR) is 74.2 cm³/mol. The van der Waals surface area contributed by atoms with Gasteiger partial charge in [-0.3, -0.25) is 14.0 Å². The molecule has 0 aliphatic carbocycles. The first-order valence-electron chi connectivity index (χ1n) is 6.02. The van der Waals surface area contributed by atoms with Crippen molar-refractivity contribution < 1.29 is 14.7 Å². The number of fused-ring (bicyclic) bond motifs is 1. The number of carboxylic acids is 1. The summed E-state index contributed by atoms with van der Waals surface area (Å²) in [5.74, 6) is -1.22. The minimum Gasteiger partial charge on any atom is -0.481 e. The van der Waals surface area contributed by atoms with Gasteiger partial charge in [-0.15, -0.1) is 0 Å². The van der Waals surface area contributed by atoms with Crippen LogP contribution in [0.25, 0.3) is 5.65 Å². The fourth-order valence-corrected chi connectivity index (χ4v) is 2.16. The molecule has 2 aromatic heterocycles. The van der Waals surface area contributed by atoms with Crippen LogP contribution in [0.1, 0.15) is 22.6 Å². The third-order valence-corrected chi connectivity index (χ3v) is 3.28. The van der Waals surface area contributed by atoms with Gasteiger partial charge < -0.3 is 10.0 Å². The Hall–Kier alpha value is -2.08. The molecule has 0 unspecified atom stereocenters. The van der Waals surface area contributed by atoms with Crippen LogP contribution in [-0.4, -0.2) is 44.9 Å². The Morgan fingerprint density at radius 2 is 2.20 bits per heavy atom. The molecule has 106 valence electrons. The number of amides is 1. The van der Waals surface area contributed by atoms with Gasteiger partial charge in [0.2, 0.25) is 0 Å². The molecule has 0 aromatic carbocycles. The van der Waals surface area contributed by atoms with Gasteiger partial charge in [-0.05, 0) is 19.1 Å². The van der Waals surface area contributed by atoms with Crippen molar-refractivity contribution in [2.75, 3.05) is 13.6 Å². The summed E-state index contributed by atoms with van der Waals surface area (Å²) >= 11 is 6.04. The van der Waals surface area contributed by atoms with Crippen LogP contribution in [0.3, 0.4) is 0 Å². The fraction of sp³-hybridized carbons (Fsp3) is 0.308.